The van der Waals surface area contributed by atoms with E-state index in [9.17, 15) is 18.3 Å². The van der Waals surface area contributed by atoms with E-state index >= 15 is 0 Å². The molecule has 3 rings (SSSR count). The first-order valence-electron chi connectivity index (χ1n) is 9.23. The van der Waals surface area contributed by atoms with E-state index in [0.29, 0.717) is 23.3 Å². The maximum Gasteiger partial charge on any atom is 0.417 e. The van der Waals surface area contributed by atoms with Gasteiger partial charge in [0.25, 0.3) is 0 Å². The van der Waals surface area contributed by atoms with Crippen molar-refractivity contribution in [2.75, 3.05) is 20.3 Å². The molecule has 1 aliphatic heterocycles. The molecule has 2 heterocycles. The average molecular weight is 431 g/mol. The molecular formula is C20H22ClF3N2O3. The van der Waals surface area contributed by atoms with Crippen LogP contribution in [0.4, 0.5) is 13.2 Å². The van der Waals surface area contributed by atoms with Gasteiger partial charge in [0.2, 0.25) is 5.88 Å². The van der Waals surface area contributed by atoms with Crippen molar-refractivity contribution in [2.45, 2.75) is 31.5 Å². The Labute approximate surface area is 171 Å². The molecule has 0 saturated carbocycles. The minimum absolute atomic E-state index is 0.0250. The molecule has 29 heavy (non-hydrogen) atoms. The van der Waals surface area contributed by atoms with Gasteiger partial charge in [0.05, 0.1) is 24.3 Å². The molecule has 1 aliphatic rings. The zero-order valence-electron chi connectivity index (χ0n) is 15.8. The Kier molecular flexibility index (Phi) is 6.74. The second-order valence-corrected chi connectivity index (χ2v) is 7.39. The summed E-state index contributed by atoms with van der Waals surface area (Å²) in [6, 6.07) is 5.32. The number of hydrogen-bond donors (Lipinski definition) is 2. The Morgan fingerprint density at radius 1 is 1.31 bits per heavy atom. The number of ether oxygens (including phenoxy) is 2. The highest BCUT2D eigenvalue weighted by atomic mass is 35.5. The maximum atomic E-state index is 12.5. The largest absolute Gasteiger partial charge is 0.508 e. The van der Waals surface area contributed by atoms with Gasteiger partial charge in [0.1, 0.15) is 11.5 Å². The fourth-order valence-corrected chi connectivity index (χ4v) is 3.82. The number of alkyl halides is 3. The maximum absolute atomic E-state index is 12.5. The molecule has 2 N–H and O–H groups in total. The lowest BCUT2D eigenvalue weighted by Gasteiger charge is -2.17. The minimum atomic E-state index is -4.40. The van der Waals surface area contributed by atoms with Crippen LogP contribution in [0.5, 0.6) is 17.4 Å². The summed E-state index contributed by atoms with van der Waals surface area (Å²) >= 11 is 6.15. The molecule has 0 radical (unpaired) electrons. The van der Waals surface area contributed by atoms with E-state index in [4.69, 9.17) is 21.1 Å². The molecule has 9 heteroatoms. The molecule has 2 atom stereocenters. The lowest BCUT2D eigenvalue weighted by molar-refractivity contribution is -0.137. The van der Waals surface area contributed by atoms with Crippen LogP contribution in [0, 0.1) is 5.92 Å². The number of pyridine rings is 1. The molecule has 1 aromatic heterocycles. The third-order valence-electron chi connectivity index (χ3n) is 4.93. The van der Waals surface area contributed by atoms with Crippen LogP contribution in [-0.4, -0.2) is 30.4 Å². The van der Waals surface area contributed by atoms with E-state index in [2.05, 4.69) is 10.3 Å². The van der Waals surface area contributed by atoms with E-state index in [1.54, 1.807) is 13.2 Å². The molecule has 0 amide bonds. The lowest BCUT2D eigenvalue weighted by atomic mass is 9.96. The number of aromatic nitrogens is 1. The smallest absolute Gasteiger partial charge is 0.417 e. The number of phenols is 1. The molecule has 0 spiro atoms. The SMILES string of the molecule is COc1c(Cl)cc(O)cc1C1CC(CCCOc2ccc(C(F)(F)F)cn2)CN1. The van der Waals surface area contributed by atoms with Crippen LogP contribution in [0.2, 0.25) is 5.02 Å². The quantitative estimate of drug-likeness (QED) is 0.607. The van der Waals surface area contributed by atoms with Crippen LogP contribution >= 0.6 is 11.6 Å². The monoisotopic (exact) mass is 430 g/mol. The Balaban J connectivity index is 1.47. The van der Waals surface area contributed by atoms with Crippen molar-refractivity contribution in [2.24, 2.45) is 5.92 Å². The third kappa shape index (κ3) is 5.45. The van der Waals surface area contributed by atoms with Gasteiger partial charge in [0.15, 0.2) is 0 Å². The van der Waals surface area contributed by atoms with Crippen molar-refractivity contribution in [1.82, 2.24) is 10.3 Å². The fraction of sp³-hybridized carbons (Fsp3) is 0.450. The van der Waals surface area contributed by atoms with Gasteiger partial charge < -0.3 is 19.9 Å². The van der Waals surface area contributed by atoms with Crippen LogP contribution in [0.1, 0.15) is 36.4 Å². The minimum Gasteiger partial charge on any atom is -0.508 e. The van der Waals surface area contributed by atoms with Crippen LogP contribution < -0.4 is 14.8 Å². The third-order valence-corrected chi connectivity index (χ3v) is 5.21. The first kappa shape index (κ1) is 21.5. The standard InChI is InChI=1S/C20H22ClF3N2O3/c1-28-19-15(8-14(27)9-16(19)21)17-7-12(10-25-17)3-2-6-29-18-5-4-13(11-26-18)20(22,23)24/h4-5,8-9,11-12,17,25,27H,2-3,6-7,10H2,1H3. The number of nitrogens with one attached hydrogen (secondary N) is 1. The summed E-state index contributed by atoms with van der Waals surface area (Å²) in [5, 5.41) is 13.6. The van der Waals surface area contributed by atoms with Crippen LogP contribution in [-0.2, 0) is 6.18 Å². The van der Waals surface area contributed by atoms with E-state index < -0.39 is 11.7 Å². The van der Waals surface area contributed by atoms with E-state index in [0.717, 1.165) is 43.6 Å². The summed E-state index contributed by atoms with van der Waals surface area (Å²) in [6.45, 7) is 1.18. The van der Waals surface area contributed by atoms with Gasteiger partial charge in [-0.05, 0) is 43.9 Å². The van der Waals surface area contributed by atoms with Crippen molar-refractivity contribution < 1.29 is 27.8 Å². The highest BCUT2D eigenvalue weighted by molar-refractivity contribution is 6.32. The average Bonchev–Trinajstić information content (AvgIpc) is 3.13. The first-order chi connectivity index (χ1) is 13.8. The fourth-order valence-electron chi connectivity index (χ4n) is 3.52. The van der Waals surface area contributed by atoms with Gasteiger partial charge >= 0.3 is 6.18 Å². The number of rotatable bonds is 7. The number of aromatic hydroxyl groups is 1. The number of methoxy groups -OCH3 is 1. The second-order valence-electron chi connectivity index (χ2n) is 6.99. The molecule has 0 bridgehead atoms. The van der Waals surface area contributed by atoms with Crippen molar-refractivity contribution in [1.29, 1.82) is 0 Å². The van der Waals surface area contributed by atoms with Gasteiger partial charge in [-0.25, -0.2) is 4.98 Å². The zero-order chi connectivity index (χ0) is 21.0. The summed E-state index contributed by atoms with van der Waals surface area (Å²) in [6.07, 6.45) is -1.14. The summed E-state index contributed by atoms with van der Waals surface area (Å²) < 4.78 is 48.4. The summed E-state index contributed by atoms with van der Waals surface area (Å²) in [5.74, 6) is 1.22. The van der Waals surface area contributed by atoms with E-state index in [-0.39, 0.29) is 17.7 Å². The normalized spacial score (nSPS) is 19.3. The lowest BCUT2D eigenvalue weighted by Crippen LogP contribution is -2.14. The summed E-state index contributed by atoms with van der Waals surface area (Å²) in [4.78, 5) is 3.70. The number of benzene rings is 1. The van der Waals surface area contributed by atoms with Crippen LogP contribution in [0.25, 0.3) is 0 Å². The Morgan fingerprint density at radius 3 is 2.76 bits per heavy atom. The number of hydrogen-bond acceptors (Lipinski definition) is 5. The first-order valence-corrected chi connectivity index (χ1v) is 9.61. The highest BCUT2D eigenvalue weighted by Crippen LogP contribution is 2.40. The molecule has 1 fully saturated rings. The number of nitrogens with zero attached hydrogens (tertiary/aromatic N) is 1. The Bertz CT molecular complexity index is 831. The van der Waals surface area contributed by atoms with Crippen molar-refractivity contribution >= 4 is 11.6 Å². The second kappa shape index (κ2) is 9.09. The van der Waals surface area contributed by atoms with Gasteiger partial charge in [-0.1, -0.05) is 11.6 Å². The molecule has 1 saturated heterocycles. The Hall–Kier alpha value is -2.19. The zero-order valence-corrected chi connectivity index (χ0v) is 16.6. The molecule has 2 aromatic rings. The molecule has 1 aromatic carbocycles. The Morgan fingerprint density at radius 2 is 2.10 bits per heavy atom. The van der Waals surface area contributed by atoms with Crippen LogP contribution in [0.15, 0.2) is 30.5 Å². The van der Waals surface area contributed by atoms with Crippen molar-refractivity contribution in [3.63, 3.8) is 0 Å². The van der Waals surface area contributed by atoms with Gasteiger partial charge in [0, 0.05) is 29.9 Å². The molecule has 158 valence electrons. The van der Waals surface area contributed by atoms with E-state index in [1.165, 1.54) is 12.1 Å². The van der Waals surface area contributed by atoms with E-state index in [1.807, 2.05) is 0 Å². The molecule has 2 unspecified atom stereocenters. The number of phenolic OH excluding ortho intramolecular Hbond substituents is 1. The predicted octanol–water partition coefficient (Wildman–Crippen LogP) is 4.98. The topological polar surface area (TPSA) is 63.6 Å². The van der Waals surface area contributed by atoms with Crippen LogP contribution in [0.3, 0.4) is 0 Å². The van der Waals surface area contributed by atoms with Gasteiger partial charge in [-0.15, -0.1) is 0 Å². The molecule has 0 aliphatic carbocycles. The van der Waals surface area contributed by atoms with Gasteiger partial charge in [-0.3, -0.25) is 0 Å². The summed E-state index contributed by atoms with van der Waals surface area (Å²) in [5.41, 5.74) is 0.0283. The highest BCUT2D eigenvalue weighted by Gasteiger charge is 2.31. The summed E-state index contributed by atoms with van der Waals surface area (Å²) in [7, 11) is 1.54. The number of halogens is 4. The molecule has 5 nitrogen and oxygen atoms in total. The van der Waals surface area contributed by atoms with Gasteiger partial charge in [-0.2, -0.15) is 13.2 Å². The van der Waals surface area contributed by atoms with Crippen molar-refractivity contribution in [3.8, 4) is 17.4 Å². The molecular weight excluding hydrogens is 409 g/mol. The van der Waals surface area contributed by atoms with Crippen molar-refractivity contribution in [3.05, 3.63) is 46.6 Å². The predicted molar refractivity (Wildman–Crippen MR) is 102 cm³/mol.